The molecule has 2 rings (SSSR count). The lowest BCUT2D eigenvalue weighted by Gasteiger charge is -2.28. The van der Waals surface area contributed by atoms with Crippen LogP contribution in [0.1, 0.15) is 38.7 Å². The highest BCUT2D eigenvalue weighted by Crippen LogP contribution is 2.32. The Bertz CT molecular complexity index is 551. The Morgan fingerprint density at radius 3 is 2.74 bits per heavy atom. The van der Waals surface area contributed by atoms with Crippen molar-refractivity contribution in [2.24, 2.45) is 17.6 Å². The molecule has 1 aliphatic carbocycles. The molecule has 3 nitrogen and oxygen atoms in total. The molecule has 0 aliphatic heterocycles. The van der Waals surface area contributed by atoms with Crippen LogP contribution in [-0.2, 0) is 10.2 Å². The molecule has 0 aromatic heterocycles. The fraction of sp³-hybridized carbons (Fsp3) is 0.588. The first-order chi connectivity index (χ1) is 10.3. The van der Waals surface area contributed by atoms with Crippen molar-refractivity contribution in [2.45, 2.75) is 38.5 Å². The Kier molecular flexibility index (Phi) is 7.30. The number of halogens is 3. The molecule has 0 bridgehead atoms. The van der Waals surface area contributed by atoms with Gasteiger partial charge in [0.25, 0.3) is 0 Å². The fourth-order valence-electron chi connectivity index (χ4n) is 3.24. The van der Waals surface area contributed by atoms with Gasteiger partial charge in [0.2, 0.25) is 5.91 Å². The van der Waals surface area contributed by atoms with Gasteiger partial charge in [0, 0.05) is 22.9 Å². The van der Waals surface area contributed by atoms with Crippen LogP contribution in [0.2, 0.25) is 5.02 Å². The summed E-state index contributed by atoms with van der Waals surface area (Å²) in [4.78, 5) is 12.4. The average Bonchev–Trinajstić information content (AvgIpc) is 2.93. The lowest BCUT2D eigenvalue weighted by atomic mass is 9.84. The van der Waals surface area contributed by atoms with E-state index in [1.165, 1.54) is 12.1 Å². The second-order valence-electron chi connectivity index (χ2n) is 6.76. The van der Waals surface area contributed by atoms with Crippen LogP contribution in [0.3, 0.4) is 0 Å². The molecule has 1 saturated carbocycles. The highest BCUT2D eigenvalue weighted by molar-refractivity contribution is 6.31. The molecule has 1 aromatic rings. The molecule has 0 heterocycles. The van der Waals surface area contributed by atoms with Crippen molar-refractivity contribution in [1.82, 2.24) is 5.32 Å². The van der Waals surface area contributed by atoms with Crippen molar-refractivity contribution in [3.8, 4) is 0 Å². The summed E-state index contributed by atoms with van der Waals surface area (Å²) in [6, 6.07) is 4.39. The third-order valence-corrected chi connectivity index (χ3v) is 4.98. The van der Waals surface area contributed by atoms with Crippen molar-refractivity contribution in [3.63, 3.8) is 0 Å². The first-order valence-electron chi connectivity index (χ1n) is 7.78. The van der Waals surface area contributed by atoms with Gasteiger partial charge in [-0.05, 0) is 43.0 Å². The molecule has 0 saturated heterocycles. The SMILES string of the molecule is CC(C)(CNC(=O)[C@@H]1CCC[C@@H]1CN)c1ccc(F)cc1Cl.Cl. The summed E-state index contributed by atoms with van der Waals surface area (Å²) < 4.78 is 13.2. The van der Waals surface area contributed by atoms with Gasteiger partial charge in [-0.1, -0.05) is 37.9 Å². The van der Waals surface area contributed by atoms with E-state index in [-0.39, 0.29) is 41.4 Å². The largest absolute Gasteiger partial charge is 0.355 e. The quantitative estimate of drug-likeness (QED) is 0.839. The van der Waals surface area contributed by atoms with Gasteiger partial charge >= 0.3 is 0 Å². The van der Waals surface area contributed by atoms with E-state index < -0.39 is 0 Å². The van der Waals surface area contributed by atoms with E-state index in [0.717, 1.165) is 24.8 Å². The van der Waals surface area contributed by atoms with Crippen molar-refractivity contribution >= 4 is 29.9 Å². The highest BCUT2D eigenvalue weighted by atomic mass is 35.5. The summed E-state index contributed by atoms with van der Waals surface area (Å²) in [5, 5.41) is 3.41. The molecule has 1 fully saturated rings. The maximum Gasteiger partial charge on any atom is 0.223 e. The molecule has 0 spiro atoms. The van der Waals surface area contributed by atoms with Gasteiger partial charge < -0.3 is 11.1 Å². The normalized spacial score (nSPS) is 20.9. The third kappa shape index (κ3) is 4.82. The Morgan fingerprint density at radius 1 is 1.43 bits per heavy atom. The smallest absolute Gasteiger partial charge is 0.223 e. The van der Waals surface area contributed by atoms with E-state index in [2.05, 4.69) is 5.32 Å². The van der Waals surface area contributed by atoms with Crippen LogP contribution in [0.25, 0.3) is 0 Å². The van der Waals surface area contributed by atoms with Gasteiger partial charge in [-0.3, -0.25) is 4.79 Å². The second-order valence-corrected chi connectivity index (χ2v) is 7.17. The minimum absolute atomic E-state index is 0. The molecule has 0 unspecified atom stereocenters. The zero-order chi connectivity index (χ0) is 16.3. The number of rotatable bonds is 5. The zero-order valence-corrected chi connectivity index (χ0v) is 15.1. The molecule has 1 aliphatic rings. The van der Waals surface area contributed by atoms with Crippen LogP contribution < -0.4 is 11.1 Å². The number of carbonyl (C=O) groups is 1. The van der Waals surface area contributed by atoms with E-state index in [0.29, 0.717) is 18.1 Å². The topological polar surface area (TPSA) is 55.1 Å². The van der Waals surface area contributed by atoms with Crippen LogP contribution in [0.15, 0.2) is 18.2 Å². The molecule has 2 atom stereocenters. The van der Waals surface area contributed by atoms with Gasteiger partial charge in [0.15, 0.2) is 0 Å². The fourth-order valence-corrected chi connectivity index (χ4v) is 3.66. The number of hydrogen-bond acceptors (Lipinski definition) is 2. The number of amides is 1. The Morgan fingerprint density at radius 2 is 2.13 bits per heavy atom. The first kappa shape index (κ1) is 20.2. The number of nitrogens with two attached hydrogens (primary N) is 1. The van der Waals surface area contributed by atoms with Crippen LogP contribution in [-0.4, -0.2) is 19.0 Å². The zero-order valence-electron chi connectivity index (χ0n) is 13.6. The molecule has 6 heteroatoms. The summed E-state index contributed by atoms with van der Waals surface area (Å²) in [5.74, 6) is 0.0200. The lowest BCUT2D eigenvalue weighted by Crippen LogP contribution is -2.41. The summed E-state index contributed by atoms with van der Waals surface area (Å²) in [6.45, 7) is 5.00. The van der Waals surface area contributed by atoms with E-state index in [4.69, 9.17) is 17.3 Å². The monoisotopic (exact) mass is 362 g/mol. The standard InChI is InChI=1S/C17H24ClFN2O.ClH/c1-17(2,14-7-6-12(19)8-15(14)18)10-21-16(22)13-5-3-4-11(13)9-20;/h6-8,11,13H,3-5,9-10,20H2,1-2H3,(H,21,22);1H/t11-,13-;/m1./s1. The van der Waals surface area contributed by atoms with E-state index in [1.807, 2.05) is 13.8 Å². The molecule has 23 heavy (non-hydrogen) atoms. The van der Waals surface area contributed by atoms with Gasteiger partial charge in [-0.25, -0.2) is 4.39 Å². The summed E-state index contributed by atoms with van der Waals surface area (Å²) >= 11 is 6.13. The summed E-state index contributed by atoms with van der Waals surface area (Å²) in [6.07, 6.45) is 3.00. The maximum atomic E-state index is 13.2. The van der Waals surface area contributed by atoms with Crippen LogP contribution in [0.5, 0.6) is 0 Å². The van der Waals surface area contributed by atoms with E-state index in [9.17, 15) is 9.18 Å². The molecular formula is C17H25Cl2FN2O. The van der Waals surface area contributed by atoms with Gasteiger partial charge in [-0.2, -0.15) is 0 Å². The van der Waals surface area contributed by atoms with Gasteiger partial charge in [0.05, 0.1) is 0 Å². The average molecular weight is 363 g/mol. The Balaban J connectivity index is 0.00000264. The van der Waals surface area contributed by atoms with Crippen molar-refractivity contribution in [1.29, 1.82) is 0 Å². The highest BCUT2D eigenvalue weighted by Gasteiger charge is 2.33. The summed E-state index contributed by atoms with van der Waals surface area (Å²) in [5.41, 5.74) is 6.20. The molecule has 3 N–H and O–H groups in total. The van der Waals surface area contributed by atoms with Crippen molar-refractivity contribution < 1.29 is 9.18 Å². The molecule has 1 amide bonds. The molecular weight excluding hydrogens is 338 g/mol. The molecule has 130 valence electrons. The van der Waals surface area contributed by atoms with Crippen molar-refractivity contribution in [3.05, 3.63) is 34.6 Å². The molecule has 1 aromatic carbocycles. The van der Waals surface area contributed by atoms with E-state index in [1.54, 1.807) is 6.07 Å². The van der Waals surface area contributed by atoms with Crippen LogP contribution >= 0.6 is 24.0 Å². The first-order valence-corrected chi connectivity index (χ1v) is 8.16. The van der Waals surface area contributed by atoms with Crippen molar-refractivity contribution in [2.75, 3.05) is 13.1 Å². The van der Waals surface area contributed by atoms with E-state index >= 15 is 0 Å². The third-order valence-electron chi connectivity index (χ3n) is 4.66. The minimum Gasteiger partial charge on any atom is -0.355 e. The van der Waals surface area contributed by atoms with Crippen LogP contribution in [0, 0.1) is 17.7 Å². The molecule has 0 radical (unpaired) electrons. The number of benzene rings is 1. The number of carbonyl (C=O) groups excluding carboxylic acids is 1. The number of nitrogens with one attached hydrogen (secondary N) is 1. The summed E-state index contributed by atoms with van der Waals surface area (Å²) in [7, 11) is 0. The lowest BCUT2D eigenvalue weighted by molar-refractivity contribution is -0.126. The number of hydrogen-bond donors (Lipinski definition) is 2. The Hall–Kier alpha value is -0.840. The van der Waals surface area contributed by atoms with Crippen LogP contribution in [0.4, 0.5) is 4.39 Å². The van der Waals surface area contributed by atoms with Gasteiger partial charge in [0.1, 0.15) is 5.82 Å². The second kappa shape index (κ2) is 8.32. The van der Waals surface area contributed by atoms with Gasteiger partial charge in [-0.15, -0.1) is 12.4 Å². The maximum absolute atomic E-state index is 13.2. The predicted molar refractivity (Wildman–Crippen MR) is 94.6 cm³/mol. The predicted octanol–water partition coefficient (Wildman–Crippen LogP) is 3.67. The Labute approximate surface area is 148 Å². The minimum atomic E-state index is -0.364.